The summed E-state index contributed by atoms with van der Waals surface area (Å²) >= 11 is 0. The van der Waals surface area contributed by atoms with Crippen molar-refractivity contribution < 1.29 is 13.2 Å². The molecule has 1 fully saturated rings. The minimum absolute atomic E-state index is 0.171. The highest BCUT2D eigenvalue weighted by Crippen LogP contribution is 2.34. The van der Waals surface area contributed by atoms with E-state index in [1.165, 1.54) is 16.9 Å². The van der Waals surface area contributed by atoms with Crippen molar-refractivity contribution >= 4 is 33.9 Å². The van der Waals surface area contributed by atoms with Crippen molar-refractivity contribution in [1.29, 1.82) is 0 Å². The van der Waals surface area contributed by atoms with Crippen molar-refractivity contribution in [1.82, 2.24) is 24.6 Å². The second kappa shape index (κ2) is 8.96. The Labute approximate surface area is 198 Å². The van der Waals surface area contributed by atoms with Crippen molar-refractivity contribution in [3.63, 3.8) is 0 Å². The maximum Gasteiger partial charge on any atom is 0.211 e. The fourth-order valence-corrected chi connectivity index (χ4v) is 5.31. The average Bonchev–Trinajstić information content (AvgIpc) is 3.36. The summed E-state index contributed by atoms with van der Waals surface area (Å²) in [6.45, 7) is 1.05. The van der Waals surface area contributed by atoms with Crippen LogP contribution >= 0.6 is 0 Å². The lowest BCUT2D eigenvalue weighted by Crippen LogP contribution is -2.27. The first kappa shape index (κ1) is 22.2. The minimum Gasteiger partial charge on any atom is -0.378 e. The van der Waals surface area contributed by atoms with Crippen molar-refractivity contribution in [2.75, 3.05) is 24.7 Å². The number of rotatable bonds is 6. The summed E-state index contributed by atoms with van der Waals surface area (Å²) in [4.78, 5) is 24.7. The van der Waals surface area contributed by atoms with Crippen LogP contribution < -0.4 is 10.6 Å². The number of sulfonamides is 1. The van der Waals surface area contributed by atoms with Crippen LogP contribution in [-0.4, -0.2) is 53.3 Å². The first-order chi connectivity index (χ1) is 16.4. The molecule has 34 heavy (non-hydrogen) atoms. The molecule has 174 valence electrons. The molecule has 4 heterocycles. The van der Waals surface area contributed by atoms with Crippen LogP contribution in [0.4, 0.5) is 11.5 Å². The number of nitrogens with zero attached hydrogens (tertiary/aromatic N) is 4. The number of hydrogen-bond acceptors (Lipinski definition) is 8. The molecule has 2 unspecified atom stereocenters. The molecule has 2 aliphatic heterocycles. The monoisotopic (exact) mass is 476 g/mol. The van der Waals surface area contributed by atoms with E-state index in [1.807, 2.05) is 36.4 Å². The van der Waals surface area contributed by atoms with Gasteiger partial charge in [0, 0.05) is 42.3 Å². The number of nitrogens with one attached hydrogen (secondary N) is 2. The lowest BCUT2D eigenvalue weighted by atomic mass is 9.97. The Balaban J connectivity index is 1.45. The third kappa shape index (κ3) is 4.42. The van der Waals surface area contributed by atoms with Gasteiger partial charge in [0.1, 0.15) is 24.5 Å². The van der Waals surface area contributed by atoms with Gasteiger partial charge in [0.05, 0.1) is 11.9 Å². The largest absolute Gasteiger partial charge is 0.378 e. The van der Waals surface area contributed by atoms with Gasteiger partial charge in [-0.2, -0.15) is 0 Å². The van der Waals surface area contributed by atoms with Gasteiger partial charge < -0.3 is 15.4 Å². The molecule has 0 radical (unpaired) electrons. The number of aromatic nitrogens is 3. The van der Waals surface area contributed by atoms with Gasteiger partial charge in [-0.3, -0.25) is 0 Å². The molecule has 0 amide bonds. The number of hydrogen-bond donors (Lipinski definition) is 2. The number of pyridine rings is 1. The smallest absolute Gasteiger partial charge is 0.211 e. The van der Waals surface area contributed by atoms with E-state index in [0.29, 0.717) is 24.6 Å². The number of carbonyl (C=O) groups excluding carboxylic acids is 1. The molecule has 0 spiro atoms. The first-order valence-corrected chi connectivity index (χ1v) is 12.8. The zero-order valence-corrected chi connectivity index (χ0v) is 19.4. The van der Waals surface area contributed by atoms with Crippen molar-refractivity contribution in [3.05, 3.63) is 71.9 Å². The van der Waals surface area contributed by atoms with Crippen LogP contribution in [0.25, 0.3) is 17.3 Å². The van der Waals surface area contributed by atoms with Crippen LogP contribution in [0.15, 0.2) is 55.3 Å². The molecule has 0 bridgehead atoms. The lowest BCUT2D eigenvalue weighted by Gasteiger charge is -2.23. The van der Waals surface area contributed by atoms with Crippen LogP contribution in [0, 0.1) is 0 Å². The number of fused-ring (bicyclic) bond motifs is 1. The van der Waals surface area contributed by atoms with E-state index in [1.54, 1.807) is 18.6 Å². The molecule has 2 aromatic heterocycles. The molecule has 2 aliphatic rings. The Bertz CT molecular complexity index is 1340. The van der Waals surface area contributed by atoms with Crippen LogP contribution in [0.5, 0.6) is 0 Å². The van der Waals surface area contributed by atoms with Gasteiger partial charge in [-0.25, -0.2) is 27.7 Å². The standard InChI is InChI=1S/C24H24N6O3S/c1-34(32,33)30-9-7-18(13-30)16-2-4-20(5-3-16)28-24-23-17(6-8-27-22(23)14-31)10-21(29-24)19-11-25-15-26-12-19/h2-6,8,10-12,14-15,18,22,27H,7,9,13H2,1H3,(H,28,29). The molecule has 2 N–H and O–H groups in total. The Morgan fingerprint density at radius 3 is 2.62 bits per heavy atom. The van der Waals surface area contributed by atoms with Crippen molar-refractivity contribution in [2.45, 2.75) is 18.4 Å². The van der Waals surface area contributed by atoms with Crippen LogP contribution in [0.3, 0.4) is 0 Å². The van der Waals surface area contributed by atoms with Gasteiger partial charge >= 0.3 is 0 Å². The van der Waals surface area contributed by atoms with E-state index in [4.69, 9.17) is 4.98 Å². The summed E-state index contributed by atoms with van der Waals surface area (Å²) in [7, 11) is -3.17. The highest BCUT2D eigenvalue weighted by Gasteiger charge is 2.29. The first-order valence-electron chi connectivity index (χ1n) is 10.9. The van der Waals surface area contributed by atoms with Gasteiger partial charge in [-0.05, 0) is 53.9 Å². The molecular formula is C24H24N6O3S. The fourth-order valence-electron chi connectivity index (χ4n) is 4.42. The van der Waals surface area contributed by atoms with Crippen molar-refractivity contribution in [3.8, 4) is 11.3 Å². The van der Waals surface area contributed by atoms with Crippen LogP contribution in [0.1, 0.15) is 35.1 Å². The fraction of sp³-hybridized carbons (Fsp3) is 0.250. The Hall–Kier alpha value is -3.63. The molecule has 1 aromatic carbocycles. The molecule has 1 saturated heterocycles. The highest BCUT2D eigenvalue weighted by atomic mass is 32.2. The van der Waals surface area contributed by atoms with E-state index in [9.17, 15) is 13.2 Å². The summed E-state index contributed by atoms with van der Waals surface area (Å²) in [5.74, 6) is 0.743. The highest BCUT2D eigenvalue weighted by molar-refractivity contribution is 7.88. The second-order valence-corrected chi connectivity index (χ2v) is 10.4. The lowest BCUT2D eigenvalue weighted by molar-refractivity contribution is -0.109. The number of benzene rings is 1. The normalized spacial score (nSPS) is 19.9. The quantitative estimate of drug-likeness (QED) is 0.522. The Kier molecular flexibility index (Phi) is 5.84. The SMILES string of the molecule is CS(=O)(=O)N1CCC(c2ccc(Nc3nc(-c4cncnc4)cc4c3C(C=O)NC=C4)cc2)C1. The van der Waals surface area contributed by atoms with E-state index in [-0.39, 0.29) is 5.92 Å². The van der Waals surface area contributed by atoms with E-state index in [0.717, 1.165) is 40.6 Å². The predicted octanol–water partition coefficient (Wildman–Crippen LogP) is 2.85. The maximum absolute atomic E-state index is 11.8. The predicted molar refractivity (Wildman–Crippen MR) is 130 cm³/mol. The molecule has 3 aromatic rings. The number of anilines is 2. The number of aldehydes is 1. The molecular weight excluding hydrogens is 452 g/mol. The van der Waals surface area contributed by atoms with Gasteiger partial charge in [-0.15, -0.1) is 0 Å². The third-order valence-electron chi connectivity index (χ3n) is 6.20. The van der Waals surface area contributed by atoms with Gasteiger partial charge in [0.15, 0.2) is 0 Å². The van der Waals surface area contributed by atoms with E-state index >= 15 is 0 Å². The summed E-state index contributed by atoms with van der Waals surface area (Å²) < 4.78 is 25.2. The van der Waals surface area contributed by atoms with Gasteiger partial charge in [0.25, 0.3) is 0 Å². The second-order valence-electron chi connectivity index (χ2n) is 8.45. The van der Waals surface area contributed by atoms with Gasteiger partial charge in [-0.1, -0.05) is 12.1 Å². The topological polar surface area (TPSA) is 117 Å². The van der Waals surface area contributed by atoms with Gasteiger partial charge in [0.2, 0.25) is 10.0 Å². The average molecular weight is 477 g/mol. The number of carbonyl (C=O) groups is 1. The summed E-state index contributed by atoms with van der Waals surface area (Å²) in [6, 6.07) is 9.32. The van der Waals surface area contributed by atoms with E-state index in [2.05, 4.69) is 20.6 Å². The van der Waals surface area contributed by atoms with Crippen molar-refractivity contribution in [2.24, 2.45) is 0 Å². The summed E-state index contributed by atoms with van der Waals surface area (Å²) in [5.41, 5.74) is 5.03. The molecule has 10 heteroatoms. The zero-order chi connectivity index (χ0) is 23.7. The van der Waals surface area contributed by atoms with E-state index < -0.39 is 16.1 Å². The molecule has 0 saturated carbocycles. The molecule has 2 atom stereocenters. The molecule has 9 nitrogen and oxygen atoms in total. The minimum atomic E-state index is -3.17. The van der Waals surface area contributed by atoms with Crippen LogP contribution in [0.2, 0.25) is 0 Å². The maximum atomic E-state index is 11.8. The Morgan fingerprint density at radius 2 is 1.94 bits per heavy atom. The Morgan fingerprint density at radius 1 is 1.18 bits per heavy atom. The summed E-state index contributed by atoms with van der Waals surface area (Å²) in [5, 5.41) is 6.43. The molecule has 5 rings (SSSR count). The zero-order valence-electron chi connectivity index (χ0n) is 18.5. The summed E-state index contributed by atoms with van der Waals surface area (Å²) in [6.07, 6.45) is 11.4. The molecule has 0 aliphatic carbocycles. The third-order valence-corrected chi connectivity index (χ3v) is 7.47. The van der Waals surface area contributed by atoms with Crippen LogP contribution in [-0.2, 0) is 14.8 Å².